The lowest BCUT2D eigenvalue weighted by Gasteiger charge is -2.28. The second-order valence-corrected chi connectivity index (χ2v) is 8.94. The highest BCUT2D eigenvalue weighted by molar-refractivity contribution is 5.94. The molecule has 38 heavy (non-hydrogen) atoms. The SMILES string of the molecule is CCC(C)C(NC(=O)C(N)CCCN=C(N)N)C(=O)NC(Cc1ccc(O)cc1)C(=O)NC(CO)C(=O)O. The number of phenolic OH excluding ortho intramolecular Hbond substituents is 1. The summed E-state index contributed by atoms with van der Waals surface area (Å²) in [5.74, 6) is -3.95. The van der Waals surface area contributed by atoms with Crippen molar-refractivity contribution in [3.05, 3.63) is 29.8 Å². The van der Waals surface area contributed by atoms with Crippen molar-refractivity contribution in [1.29, 1.82) is 0 Å². The van der Waals surface area contributed by atoms with Gasteiger partial charge in [-0.15, -0.1) is 0 Å². The number of guanidine groups is 1. The topological polar surface area (TPSA) is 255 Å². The van der Waals surface area contributed by atoms with Gasteiger partial charge < -0.3 is 48.5 Å². The molecule has 1 rings (SSSR count). The van der Waals surface area contributed by atoms with Gasteiger partial charge in [0.05, 0.1) is 12.6 Å². The number of aromatic hydroxyl groups is 1. The van der Waals surface area contributed by atoms with Crippen LogP contribution in [0, 0.1) is 5.92 Å². The molecule has 0 aliphatic carbocycles. The van der Waals surface area contributed by atoms with Crippen molar-refractivity contribution in [3.8, 4) is 5.75 Å². The standard InChI is InChI=1S/C24H39N7O7/c1-3-13(2)19(31-20(34)16(25)5-4-10-28-24(26)27)22(36)29-17(11-14-6-8-15(33)9-7-14)21(35)30-18(12-32)23(37)38/h6-9,13,16-19,32-33H,3-5,10-12,25H2,1-2H3,(H,29,36)(H,30,35)(H,31,34)(H,37,38)(H4,26,27,28). The van der Waals surface area contributed by atoms with Crippen LogP contribution in [0.25, 0.3) is 0 Å². The number of rotatable bonds is 16. The van der Waals surface area contributed by atoms with Crippen molar-refractivity contribution < 1.29 is 34.5 Å². The number of hydrogen-bond donors (Lipinski definition) is 9. The molecule has 14 nitrogen and oxygen atoms in total. The van der Waals surface area contributed by atoms with Crippen molar-refractivity contribution in [3.63, 3.8) is 0 Å². The average Bonchev–Trinajstić information content (AvgIpc) is 2.87. The zero-order chi connectivity index (χ0) is 28.8. The van der Waals surface area contributed by atoms with E-state index in [0.29, 0.717) is 18.4 Å². The van der Waals surface area contributed by atoms with Crippen LogP contribution < -0.4 is 33.2 Å². The van der Waals surface area contributed by atoms with Gasteiger partial charge in [-0.1, -0.05) is 32.4 Å². The highest BCUT2D eigenvalue weighted by Crippen LogP contribution is 2.13. The van der Waals surface area contributed by atoms with Crippen molar-refractivity contribution in [2.24, 2.45) is 28.1 Å². The summed E-state index contributed by atoms with van der Waals surface area (Å²) in [6.45, 7) is 3.01. The minimum atomic E-state index is -1.58. The predicted molar refractivity (Wildman–Crippen MR) is 140 cm³/mol. The van der Waals surface area contributed by atoms with Crippen LogP contribution in [0.4, 0.5) is 0 Å². The van der Waals surface area contributed by atoms with Gasteiger partial charge in [0.1, 0.15) is 23.9 Å². The van der Waals surface area contributed by atoms with Crippen molar-refractivity contribution >= 4 is 29.7 Å². The number of aliphatic hydroxyl groups excluding tert-OH is 1. The van der Waals surface area contributed by atoms with Crippen LogP contribution in [0.1, 0.15) is 38.7 Å². The summed E-state index contributed by atoms with van der Waals surface area (Å²) >= 11 is 0. The van der Waals surface area contributed by atoms with Gasteiger partial charge in [0, 0.05) is 13.0 Å². The Hall–Kier alpha value is -3.91. The number of nitrogens with zero attached hydrogens (tertiary/aromatic N) is 1. The number of nitrogens with one attached hydrogen (secondary N) is 3. The number of carboxylic acid groups (broad SMARTS) is 1. The quantitative estimate of drug-likeness (QED) is 0.0630. The number of benzene rings is 1. The maximum absolute atomic E-state index is 13.3. The number of nitrogens with two attached hydrogens (primary N) is 3. The monoisotopic (exact) mass is 537 g/mol. The summed E-state index contributed by atoms with van der Waals surface area (Å²) in [6, 6.07) is 1.07. The molecule has 5 atom stereocenters. The molecule has 3 amide bonds. The molecule has 0 aromatic heterocycles. The van der Waals surface area contributed by atoms with E-state index in [2.05, 4.69) is 20.9 Å². The number of aliphatic imine (C=N–C) groups is 1. The molecule has 14 heteroatoms. The lowest BCUT2D eigenvalue weighted by molar-refractivity contribution is -0.143. The average molecular weight is 538 g/mol. The van der Waals surface area contributed by atoms with Crippen LogP contribution in [-0.2, 0) is 25.6 Å². The van der Waals surface area contributed by atoms with Crippen LogP contribution in [-0.4, -0.2) is 82.3 Å². The fourth-order valence-electron chi connectivity index (χ4n) is 3.41. The maximum atomic E-state index is 13.3. The number of phenols is 1. The number of hydrogen-bond acceptors (Lipinski definition) is 8. The summed E-state index contributed by atoms with van der Waals surface area (Å²) in [4.78, 5) is 54.0. The fourth-order valence-corrected chi connectivity index (χ4v) is 3.41. The van der Waals surface area contributed by atoms with Gasteiger partial charge in [-0.25, -0.2) is 4.79 Å². The van der Waals surface area contributed by atoms with Crippen molar-refractivity contribution in [2.45, 2.75) is 63.7 Å². The Morgan fingerprint density at radius 3 is 2.11 bits per heavy atom. The molecule has 1 aromatic carbocycles. The van der Waals surface area contributed by atoms with E-state index < -0.39 is 54.5 Å². The molecule has 0 aliphatic heterocycles. The van der Waals surface area contributed by atoms with Gasteiger partial charge >= 0.3 is 5.97 Å². The van der Waals surface area contributed by atoms with Gasteiger partial charge in [0.25, 0.3) is 0 Å². The van der Waals surface area contributed by atoms with Crippen molar-refractivity contribution in [2.75, 3.05) is 13.2 Å². The molecule has 212 valence electrons. The lowest BCUT2D eigenvalue weighted by Crippen LogP contribution is -2.59. The molecule has 1 aromatic rings. The number of carbonyl (C=O) groups excluding carboxylic acids is 3. The van der Waals surface area contributed by atoms with Gasteiger partial charge in [0.15, 0.2) is 5.96 Å². The largest absolute Gasteiger partial charge is 0.508 e. The molecule has 0 spiro atoms. The van der Waals surface area contributed by atoms with E-state index in [4.69, 9.17) is 17.2 Å². The number of amides is 3. The number of aliphatic carboxylic acids is 1. The first-order valence-corrected chi connectivity index (χ1v) is 12.2. The van der Waals surface area contributed by atoms with E-state index in [0.717, 1.165) is 0 Å². The molecule has 0 radical (unpaired) electrons. The molecular formula is C24H39N7O7. The summed E-state index contributed by atoms with van der Waals surface area (Å²) in [6.07, 6.45) is 1.16. The molecule has 0 bridgehead atoms. The Kier molecular flexibility index (Phi) is 13.6. The first kappa shape index (κ1) is 32.1. The molecule has 12 N–H and O–H groups in total. The highest BCUT2D eigenvalue weighted by atomic mass is 16.4. The Morgan fingerprint density at radius 1 is 0.974 bits per heavy atom. The first-order valence-electron chi connectivity index (χ1n) is 12.2. The third-order valence-corrected chi connectivity index (χ3v) is 5.90. The molecule has 0 heterocycles. The van der Waals surface area contributed by atoms with Crippen LogP contribution >= 0.6 is 0 Å². The third-order valence-electron chi connectivity index (χ3n) is 5.90. The van der Waals surface area contributed by atoms with Gasteiger partial charge in [-0.2, -0.15) is 0 Å². The van der Waals surface area contributed by atoms with E-state index in [-0.39, 0.29) is 37.0 Å². The summed E-state index contributed by atoms with van der Waals surface area (Å²) in [5.41, 5.74) is 17.1. The Morgan fingerprint density at radius 2 is 1.58 bits per heavy atom. The van der Waals surface area contributed by atoms with E-state index >= 15 is 0 Å². The number of carbonyl (C=O) groups is 4. The lowest BCUT2D eigenvalue weighted by atomic mass is 9.96. The Bertz CT molecular complexity index is 967. The van der Waals surface area contributed by atoms with Crippen LogP contribution in [0.2, 0.25) is 0 Å². The molecule has 5 unspecified atom stereocenters. The van der Waals surface area contributed by atoms with Gasteiger partial charge in [0.2, 0.25) is 17.7 Å². The van der Waals surface area contributed by atoms with Crippen LogP contribution in [0.15, 0.2) is 29.3 Å². The summed E-state index contributed by atoms with van der Waals surface area (Å²) < 4.78 is 0. The summed E-state index contributed by atoms with van der Waals surface area (Å²) in [5, 5.41) is 35.4. The second kappa shape index (κ2) is 16.0. The molecule has 0 saturated heterocycles. The molecule has 0 saturated carbocycles. The Balaban J connectivity index is 3.05. The van der Waals surface area contributed by atoms with E-state index in [1.165, 1.54) is 24.3 Å². The number of aliphatic hydroxyl groups is 1. The van der Waals surface area contributed by atoms with Gasteiger partial charge in [-0.05, 0) is 36.5 Å². The van der Waals surface area contributed by atoms with Crippen LogP contribution in [0.5, 0.6) is 5.75 Å². The zero-order valence-corrected chi connectivity index (χ0v) is 21.6. The smallest absolute Gasteiger partial charge is 0.328 e. The van der Waals surface area contributed by atoms with Crippen LogP contribution in [0.3, 0.4) is 0 Å². The van der Waals surface area contributed by atoms with E-state index in [9.17, 15) is 34.5 Å². The highest BCUT2D eigenvalue weighted by Gasteiger charge is 2.32. The normalized spacial score (nSPS) is 14.7. The molecule has 0 fully saturated rings. The second-order valence-electron chi connectivity index (χ2n) is 8.94. The maximum Gasteiger partial charge on any atom is 0.328 e. The Labute approximate surface area is 221 Å². The minimum Gasteiger partial charge on any atom is -0.508 e. The summed E-state index contributed by atoms with van der Waals surface area (Å²) in [7, 11) is 0. The fraction of sp³-hybridized carbons (Fsp3) is 0.542. The van der Waals surface area contributed by atoms with E-state index in [1.54, 1.807) is 6.92 Å². The number of carboxylic acids is 1. The molecular weight excluding hydrogens is 498 g/mol. The third kappa shape index (κ3) is 11.0. The van der Waals surface area contributed by atoms with E-state index in [1.807, 2.05) is 6.92 Å². The predicted octanol–water partition coefficient (Wildman–Crippen LogP) is -2.11. The van der Waals surface area contributed by atoms with Gasteiger partial charge in [-0.3, -0.25) is 19.4 Å². The zero-order valence-electron chi connectivity index (χ0n) is 21.6. The van der Waals surface area contributed by atoms with Crippen molar-refractivity contribution in [1.82, 2.24) is 16.0 Å². The first-order chi connectivity index (χ1) is 17.9. The minimum absolute atomic E-state index is 0.000747. The molecule has 0 aliphatic rings.